The number of likely N-dealkylation sites (N-methyl/N-ethyl adjacent to an activating group) is 1. The molecule has 96 valence electrons. The molecule has 0 atom stereocenters. The molecule has 0 aromatic rings. The van der Waals surface area contributed by atoms with Crippen LogP contribution in [0.3, 0.4) is 0 Å². The summed E-state index contributed by atoms with van der Waals surface area (Å²) in [6.07, 6.45) is 1.90. The molecule has 0 saturated carbocycles. The minimum Gasteiger partial charge on any atom is -0.358 e. The predicted molar refractivity (Wildman–Crippen MR) is 63.6 cm³/mol. The van der Waals surface area contributed by atoms with Crippen molar-refractivity contribution in [3.8, 4) is 0 Å². The first-order chi connectivity index (χ1) is 7.41. The van der Waals surface area contributed by atoms with Gasteiger partial charge in [-0.2, -0.15) is 0 Å². The molecule has 0 rings (SSSR count). The number of sulfonamides is 1. The normalized spacial score (nSPS) is 11.8. The van der Waals surface area contributed by atoms with E-state index >= 15 is 0 Å². The maximum atomic E-state index is 11.2. The fourth-order valence-corrected chi connectivity index (χ4v) is 2.16. The summed E-state index contributed by atoms with van der Waals surface area (Å²) in [5.74, 6) is -0.0736. The second-order valence-electron chi connectivity index (χ2n) is 3.46. The lowest BCUT2D eigenvalue weighted by Crippen LogP contribution is -2.35. The van der Waals surface area contributed by atoms with E-state index in [0.717, 1.165) is 0 Å². The lowest BCUT2D eigenvalue weighted by molar-refractivity contribution is -0.119. The summed E-state index contributed by atoms with van der Waals surface area (Å²) in [6, 6.07) is 0. The molecular weight excluding hydrogens is 230 g/mol. The first-order valence-corrected chi connectivity index (χ1v) is 7.13. The molecule has 6 nitrogen and oxygen atoms in total. The minimum atomic E-state index is -3.10. The Balaban J connectivity index is 3.69. The molecule has 0 aromatic heterocycles. The second kappa shape index (κ2) is 7.59. The van der Waals surface area contributed by atoms with E-state index in [1.54, 1.807) is 14.0 Å². The molecule has 1 amide bonds. The first-order valence-electron chi connectivity index (χ1n) is 5.28. The molecule has 0 saturated heterocycles. The summed E-state index contributed by atoms with van der Waals surface area (Å²) in [5, 5.41) is 5.43. The second-order valence-corrected chi connectivity index (χ2v) is 5.44. The van der Waals surface area contributed by atoms with E-state index in [1.165, 1.54) is 10.6 Å². The lowest BCUT2D eigenvalue weighted by Gasteiger charge is -2.17. The van der Waals surface area contributed by atoms with Crippen molar-refractivity contribution in [3.05, 3.63) is 0 Å². The van der Waals surface area contributed by atoms with Gasteiger partial charge >= 0.3 is 0 Å². The average molecular weight is 251 g/mol. The fourth-order valence-electron chi connectivity index (χ4n) is 1.23. The molecule has 7 heteroatoms. The molecule has 0 aromatic carbocycles. The van der Waals surface area contributed by atoms with Crippen molar-refractivity contribution in [2.24, 2.45) is 0 Å². The van der Waals surface area contributed by atoms with Crippen LogP contribution < -0.4 is 10.6 Å². The minimum absolute atomic E-state index is 0.0736. The molecule has 0 aliphatic carbocycles. The standard InChI is InChI=1S/C9H21N3O3S/c1-4-12(16(3,14)15)7-5-6-11-8-9(13)10-2/h11H,4-8H2,1-3H3,(H,10,13). The van der Waals surface area contributed by atoms with Crippen molar-refractivity contribution in [1.29, 1.82) is 0 Å². The topological polar surface area (TPSA) is 78.5 Å². The average Bonchev–Trinajstić information content (AvgIpc) is 2.20. The van der Waals surface area contributed by atoms with Gasteiger partial charge in [0.05, 0.1) is 12.8 Å². The molecule has 0 heterocycles. The molecule has 0 unspecified atom stereocenters. The summed E-state index contributed by atoms with van der Waals surface area (Å²) < 4.78 is 23.9. The van der Waals surface area contributed by atoms with Crippen LogP contribution in [0.4, 0.5) is 0 Å². The van der Waals surface area contributed by atoms with Crippen LogP contribution in [0.25, 0.3) is 0 Å². The fraction of sp³-hybridized carbons (Fsp3) is 0.889. The summed E-state index contributed by atoms with van der Waals surface area (Å²) >= 11 is 0. The Bertz CT molecular complexity index is 303. The van der Waals surface area contributed by atoms with Gasteiger partial charge in [-0.1, -0.05) is 6.92 Å². The highest BCUT2D eigenvalue weighted by Crippen LogP contribution is 1.97. The molecule has 0 bridgehead atoms. The van der Waals surface area contributed by atoms with Crippen LogP contribution in [0.15, 0.2) is 0 Å². The smallest absolute Gasteiger partial charge is 0.233 e. The van der Waals surface area contributed by atoms with Gasteiger partial charge in [0.15, 0.2) is 0 Å². The van der Waals surface area contributed by atoms with Gasteiger partial charge in [0.2, 0.25) is 15.9 Å². The van der Waals surface area contributed by atoms with Gasteiger partial charge in [-0.15, -0.1) is 0 Å². The van der Waals surface area contributed by atoms with Crippen molar-refractivity contribution in [1.82, 2.24) is 14.9 Å². The van der Waals surface area contributed by atoms with E-state index in [2.05, 4.69) is 10.6 Å². The van der Waals surface area contributed by atoms with E-state index in [9.17, 15) is 13.2 Å². The molecule has 0 aliphatic rings. The van der Waals surface area contributed by atoms with Gasteiger partial charge in [-0.3, -0.25) is 4.79 Å². The van der Waals surface area contributed by atoms with E-state index in [0.29, 0.717) is 26.1 Å². The summed E-state index contributed by atoms with van der Waals surface area (Å²) in [5.41, 5.74) is 0. The number of amides is 1. The van der Waals surface area contributed by atoms with Gasteiger partial charge < -0.3 is 10.6 Å². The molecule has 2 N–H and O–H groups in total. The Hall–Kier alpha value is -0.660. The molecule has 0 radical (unpaired) electrons. The van der Waals surface area contributed by atoms with Crippen LogP contribution in [0.5, 0.6) is 0 Å². The van der Waals surface area contributed by atoms with Gasteiger partial charge in [-0.25, -0.2) is 12.7 Å². The number of carbonyl (C=O) groups is 1. The quantitative estimate of drug-likeness (QED) is 0.542. The Labute approximate surface area is 97.4 Å². The van der Waals surface area contributed by atoms with Crippen LogP contribution in [0.2, 0.25) is 0 Å². The zero-order chi connectivity index (χ0) is 12.6. The zero-order valence-corrected chi connectivity index (χ0v) is 10.9. The Morgan fingerprint density at radius 3 is 2.44 bits per heavy atom. The number of rotatable bonds is 8. The van der Waals surface area contributed by atoms with Crippen molar-refractivity contribution in [2.45, 2.75) is 13.3 Å². The van der Waals surface area contributed by atoms with Crippen molar-refractivity contribution >= 4 is 15.9 Å². The van der Waals surface area contributed by atoms with Gasteiger partial charge in [0.1, 0.15) is 0 Å². The lowest BCUT2D eigenvalue weighted by atomic mass is 10.4. The largest absolute Gasteiger partial charge is 0.358 e. The zero-order valence-electron chi connectivity index (χ0n) is 10.1. The first kappa shape index (κ1) is 15.3. The molecule has 16 heavy (non-hydrogen) atoms. The summed E-state index contributed by atoms with van der Waals surface area (Å²) in [4.78, 5) is 10.8. The number of hydrogen-bond acceptors (Lipinski definition) is 4. The molecule has 0 spiro atoms. The third kappa shape index (κ3) is 6.76. The Kier molecular flexibility index (Phi) is 7.27. The highest BCUT2D eigenvalue weighted by Gasteiger charge is 2.12. The van der Waals surface area contributed by atoms with Gasteiger partial charge in [0.25, 0.3) is 0 Å². The Morgan fingerprint density at radius 1 is 1.38 bits per heavy atom. The highest BCUT2D eigenvalue weighted by atomic mass is 32.2. The van der Waals surface area contributed by atoms with Crippen LogP contribution in [0.1, 0.15) is 13.3 Å². The van der Waals surface area contributed by atoms with Crippen LogP contribution in [-0.4, -0.2) is 58.1 Å². The van der Waals surface area contributed by atoms with Gasteiger partial charge in [0, 0.05) is 20.1 Å². The molecule has 0 fully saturated rings. The number of hydrogen-bond donors (Lipinski definition) is 2. The van der Waals surface area contributed by atoms with Crippen LogP contribution >= 0.6 is 0 Å². The van der Waals surface area contributed by atoms with Crippen LogP contribution in [0, 0.1) is 0 Å². The Morgan fingerprint density at radius 2 is 2.00 bits per heavy atom. The monoisotopic (exact) mass is 251 g/mol. The number of carbonyl (C=O) groups excluding carboxylic acids is 1. The van der Waals surface area contributed by atoms with Gasteiger partial charge in [-0.05, 0) is 13.0 Å². The molecular formula is C9H21N3O3S. The van der Waals surface area contributed by atoms with E-state index in [1.807, 2.05) is 0 Å². The van der Waals surface area contributed by atoms with E-state index in [4.69, 9.17) is 0 Å². The highest BCUT2D eigenvalue weighted by molar-refractivity contribution is 7.88. The summed E-state index contributed by atoms with van der Waals surface area (Å²) in [6.45, 7) is 3.66. The van der Waals surface area contributed by atoms with Crippen molar-refractivity contribution < 1.29 is 13.2 Å². The predicted octanol–water partition coefficient (Wildman–Crippen LogP) is -1.01. The van der Waals surface area contributed by atoms with E-state index < -0.39 is 10.0 Å². The molecule has 0 aliphatic heterocycles. The van der Waals surface area contributed by atoms with Crippen molar-refractivity contribution in [2.75, 3.05) is 39.5 Å². The van der Waals surface area contributed by atoms with Crippen molar-refractivity contribution in [3.63, 3.8) is 0 Å². The maximum Gasteiger partial charge on any atom is 0.233 e. The third-order valence-electron chi connectivity index (χ3n) is 2.15. The maximum absolute atomic E-state index is 11.2. The number of nitrogens with zero attached hydrogens (tertiary/aromatic N) is 1. The SMILES string of the molecule is CCN(CCCNCC(=O)NC)S(C)(=O)=O. The van der Waals surface area contributed by atoms with Crippen LogP contribution in [-0.2, 0) is 14.8 Å². The van der Waals surface area contributed by atoms with E-state index in [-0.39, 0.29) is 12.5 Å². The number of nitrogens with one attached hydrogen (secondary N) is 2. The summed E-state index contributed by atoms with van der Waals surface area (Å²) in [7, 11) is -1.52. The third-order valence-corrected chi connectivity index (χ3v) is 3.53.